The number of benzene rings is 1. The molecule has 0 aliphatic heterocycles. The average molecular weight is 327 g/mol. The molecule has 0 bridgehead atoms. The van der Waals surface area contributed by atoms with Gasteiger partial charge in [-0.2, -0.15) is 0 Å². The number of hydrogen-bond acceptors (Lipinski definition) is 5. The van der Waals surface area contributed by atoms with E-state index < -0.39 is 6.04 Å². The number of aromatic nitrogens is 4. The van der Waals surface area contributed by atoms with Gasteiger partial charge in [-0.3, -0.25) is 4.79 Å². The van der Waals surface area contributed by atoms with Crippen molar-refractivity contribution in [2.45, 2.75) is 19.4 Å². The molecule has 3 aromatic rings. The van der Waals surface area contributed by atoms with Gasteiger partial charge in [0.2, 0.25) is 5.91 Å². The van der Waals surface area contributed by atoms with Gasteiger partial charge in [0.15, 0.2) is 6.04 Å². The molecule has 7 heteroatoms. The number of rotatable bonds is 6. The molecule has 1 amide bonds. The summed E-state index contributed by atoms with van der Waals surface area (Å²) in [6.07, 6.45) is 2.28. The summed E-state index contributed by atoms with van der Waals surface area (Å²) in [6.45, 7) is 2.67. The lowest BCUT2D eigenvalue weighted by Crippen LogP contribution is -2.34. The first-order chi connectivity index (χ1) is 11.2. The molecule has 1 aromatic carbocycles. The Morgan fingerprint density at radius 2 is 2.09 bits per heavy atom. The third kappa shape index (κ3) is 3.81. The highest BCUT2D eigenvalue weighted by molar-refractivity contribution is 7.11. The highest BCUT2D eigenvalue weighted by Gasteiger charge is 2.23. The SMILES string of the molecule is Cc1ccc(CCNC(=O)[C@H](c2ccccc2)n2cnnn2)s1. The monoisotopic (exact) mass is 327 g/mol. The maximum Gasteiger partial charge on any atom is 0.249 e. The van der Waals surface area contributed by atoms with E-state index in [1.54, 1.807) is 11.3 Å². The molecule has 0 radical (unpaired) electrons. The number of carbonyl (C=O) groups is 1. The highest BCUT2D eigenvalue weighted by Crippen LogP contribution is 2.17. The minimum atomic E-state index is -0.559. The molecule has 0 aliphatic rings. The normalized spacial score (nSPS) is 12.0. The predicted molar refractivity (Wildman–Crippen MR) is 88.2 cm³/mol. The van der Waals surface area contributed by atoms with E-state index in [4.69, 9.17) is 0 Å². The third-order valence-corrected chi connectivity index (χ3v) is 4.52. The fraction of sp³-hybridized carbons (Fsp3) is 0.250. The van der Waals surface area contributed by atoms with Gasteiger partial charge in [0.1, 0.15) is 6.33 Å². The molecule has 118 valence electrons. The van der Waals surface area contributed by atoms with E-state index >= 15 is 0 Å². The van der Waals surface area contributed by atoms with Gasteiger partial charge < -0.3 is 5.32 Å². The lowest BCUT2D eigenvalue weighted by Gasteiger charge is -2.16. The minimum Gasteiger partial charge on any atom is -0.354 e. The van der Waals surface area contributed by atoms with E-state index in [-0.39, 0.29) is 5.91 Å². The van der Waals surface area contributed by atoms with E-state index in [1.165, 1.54) is 20.8 Å². The first-order valence-corrected chi connectivity index (χ1v) is 8.16. The van der Waals surface area contributed by atoms with Gasteiger partial charge >= 0.3 is 0 Å². The van der Waals surface area contributed by atoms with E-state index in [9.17, 15) is 4.79 Å². The largest absolute Gasteiger partial charge is 0.354 e. The van der Waals surface area contributed by atoms with Crippen LogP contribution in [0.15, 0.2) is 48.8 Å². The Hall–Kier alpha value is -2.54. The zero-order valence-corrected chi connectivity index (χ0v) is 13.5. The number of nitrogens with zero attached hydrogens (tertiary/aromatic N) is 4. The van der Waals surface area contributed by atoms with Crippen molar-refractivity contribution in [2.24, 2.45) is 0 Å². The lowest BCUT2D eigenvalue weighted by molar-refractivity contribution is -0.123. The Balaban J connectivity index is 1.68. The summed E-state index contributed by atoms with van der Waals surface area (Å²) >= 11 is 1.75. The first kappa shape index (κ1) is 15.4. The molecule has 3 rings (SSSR count). The molecule has 0 spiro atoms. The van der Waals surface area contributed by atoms with Crippen LogP contribution in [0.1, 0.15) is 21.4 Å². The summed E-state index contributed by atoms with van der Waals surface area (Å²) in [5, 5.41) is 14.1. The van der Waals surface area contributed by atoms with Crippen LogP contribution >= 0.6 is 11.3 Å². The Morgan fingerprint density at radius 1 is 1.26 bits per heavy atom. The van der Waals surface area contributed by atoms with Crippen LogP contribution in [0.5, 0.6) is 0 Å². The maximum absolute atomic E-state index is 12.6. The van der Waals surface area contributed by atoms with Crippen molar-refractivity contribution in [3.05, 3.63) is 64.1 Å². The molecule has 0 saturated heterocycles. The van der Waals surface area contributed by atoms with Gasteiger partial charge in [-0.1, -0.05) is 30.3 Å². The van der Waals surface area contributed by atoms with Crippen LogP contribution in [-0.4, -0.2) is 32.7 Å². The van der Waals surface area contributed by atoms with Crippen molar-refractivity contribution >= 4 is 17.2 Å². The summed E-state index contributed by atoms with van der Waals surface area (Å²) in [5.74, 6) is -0.114. The van der Waals surface area contributed by atoms with Gasteiger partial charge in [0.25, 0.3) is 0 Å². The van der Waals surface area contributed by atoms with E-state index in [0.29, 0.717) is 6.54 Å². The number of nitrogens with one attached hydrogen (secondary N) is 1. The molecule has 1 N–H and O–H groups in total. The summed E-state index contributed by atoms with van der Waals surface area (Å²) in [5.41, 5.74) is 0.851. The molecule has 0 unspecified atom stereocenters. The number of aryl methyl sites for hydroxylation is 1. The second-order valence-electron chi connectivity index (χ2n) is 5.16. The summed E-state index contributed by atoms with van der Waals surface area (Å²) in [4.78, 5) is 15.2. The first-order valence-electron chi connectivity index (χ1n) is 7.34. The number of hydrogen-bond donors (Lipinski definition) is 1. The van der Waals surface area contributed by atoms with E-state index in [0.717, 1.165) is 12.0 Å². The molecule has 2 heterocycles. The van der Waals surface area contributed by atoms with E-state index in [2.05, 4.69) is 39.9 Å². The van der Waals surface area contributed by atoms with Crippen LogP contribution in [0.3, 0.4) is 0 Å². The molecular weight excluding hydrogens is 310 g/mol. The minimum absolute atomic E-state index is 0.114. The van der Waals surface area contributed by atoms with Crippen LogP contribution in [-0.2, 0) is 11.2 Å². The molecule has 0 fully saturated rings. The van der Waals surface area contributed by atoms with Crippen molar-refractivity contribution in [3.8, 4) is 0 Å². The number of amides is 1. The van der Waals surface area contributed by atoms with Crippen LogP contribution in [0.2, 0.25) is 0 Å². The Morgan fingerprint density at radius 3 is 2.74 bits per heavy atom. The molecule has 2 aromatic heterocycles. The maximum atomic E-state index is 12.6. The topological polar surface area (TPSA) is 72.7 Å². The average Bonchev–Trinajstić information content (AvgIpc) is 3.21. The molecule has 0 aliphatic carbocycles. The van der Waals surface area contributed by atoms with Crippen LogP contribution in [0.25, 0.3) is 0 Å². The number of thiophene rings is 1. The number of tetrazole rings is 1. The highest BCUT2D eigenvalue weighted by atomic mass is 32.1. The van der Waals surface area contributed by atoms with Crippen molar-refractivity contribution in [2.75, 3.05) is 6.54 Å². The van der Waals surface area contributed by atoms with Crippen molar-refractivity contribution in [3.63, 3.8) is 0 Å². The van der Waals surface area contributed by atoms with Crippen molar-refractivity contribution in [1.29, 1.82) is 0 Å². The standard InChI is InChI=1S/C16H17N5OS/c1-12-7-8-14(23-12)9-10-17-16(22)15(21-11-18-19-20-21)13-5-3-2-4-6-13/h2-8,11,15H,9-10H2,1H3,(H,17,22)/t15-/m0/s1. The summed E-state index contributed by atoms with van der Waals surface area (Å²) < 4.78 is 1.47. The van der Waals surface area contributed by atoms with Gasteiger partial charge in [-0.25, -0.2) is 4.68 Å². The summed E-state index contributed by atoms with van der Waals surface area (Å²) in [6, 6.07) is 13.1. The fourth-order valence-corrected chi connectivity index (χ4v) is 3.26. The zero-order chi connectivity index (χ0) is 16.1. The molecule has 0 saturated carbocycles. The van der Waals surface area contributed by atoms with Crippen LogP contribution < -0.4 is 5.32 Å². The molecule has 6 nitrogen and oxygen atoms in total. The van der Waals surface area contributed by atoms with Crippen LogP contribution in [0.4, 0.5) is 0 Å². The summed E-state index contributed by atoms with van der Waals surface area (Å²) in [7, 11) is 0. The van der Waals surface area contributed by atoms with E-state index in [1.807, 2.05) is 30.3 Å². The van der Waals surface area contributed by atoms with Gasteiger partial charge in [0.05, 0.1) is 0 Å². The Labute approximate surface area is 138 Å². The lowest BCUT2D eigenvalue weighted by atomic mass is 10.1. The quantitative estimate of drug-likeness (QED) is 0.751. The van der Waals surface area contributed by atoms with Crippen molar-refractivity contribution in [1.82, 2.24) is 25.5 Å². The Bertz CT molecular complexity index is 754. The molecular formula is C16H17N5OS. The van der Waals surface area contributed by atoms with Gasteiger partial charge in [-0.15, -0.1) is 16.4 Å². The Kier molecular flexibility index (Phi) is 4.77. The zero-order valence-electron chi connectivity index (χ0n) is 12.7. The smallest absolute Gasteiger partial charge is 0.249 e. The fourth-order valence-electron chi connectivity index (χ4n) is 2.37. The van der Waals surface area contributed by atoms with Gasteiger partial charge in [0, 0.05) is 16.3 Å². The third-order valence-electron chi connectivity index (χ3n) is 3.46. The second kappa shape index (κ2) is 7.15. The predicted octanol–water partition coefficient (Wildman–Crippen LogP) is 1.99. The van der Waals surface area contributed by atoms with Crippen molar-refractivity contribution < 1.29 is 4.79 Å². The molecule has 23 heavy (non-hydrogen) atoms. The molecule has 1 atom stereocenters. The number of carbonyl (C=O) groups excluding carboxylic acids is 1. The van der Waals surface area contributed by atoms with Crippen LogP contribution in [0, 0.1) is 6.92 Å². The van der Waals surface area contributed by atoms with Gasteiger partial charge in [-0.05, 0) is 41.5 Å². The second-order valence-corrected chi connectivity index (χ2v) is 6.53.